The molecule has 1 N–H and O–H groups in total. The lowest BCUT2D eigenvalue weighted by Gasteiger charge is -2.32. The average Bonchev–Trinajstić information content (AvgIpc) is 2.41. The Kier molecular flexibility index (Phi) is 3.77. The van der Waals surface area contributed by atoms with Crippen LogP contribution in [0.5, 0.6) is 0 Å². The van der Waals surface area contributed by atoms with E-state index in [2.05, 4.69) is 58.0 Å². The summed E-state index contributed by atoms with van der Waals surface area (Å²) in [6.45, 7) is 8.30. The first-order valence-corrected chi connectivity index (χ1v) is 6.73. The zero-order valence-electron chi connectivity index (χ0n) is 12.1. The molecule has 0 aliphatic rings. The summed E-state index contributed by atoms with van der Waals surface area (Å²) in [6.07, 6.45) is -0.505. The number of aryl methyl sites for hydroxylation is 2. The molecule has 0 spiro atoms. The van der Waals surface area contributed by atoms with Crippen LogP contribution in [0.1, 0.15) is 42.2 Å². The van der Waals surface area contributed by atoms with Crippen molar-refractivity contribution in [2.75, 3.05) is 0 Å². The molecule has 0 saturated carbocycles. The van der Waals surface area contributed by atoms with Crippen LogP contribution in [0.4, 0.5) is 0 Å². The lowest BCUT2D eigenvalue weighted by molar-refractivity contribution is 0.0996. The van der Waals surface area contributed by atoms with Crippen LogP contribution in [-0.4, -0.2) is 5.11 Å². The first-order valence-electron chi connectivity index (χ1n) is 6.73. The molecule has 2 rings (SSSR count). The summed E-state index contributed by atoms with van der Waals surface area (Å²) in [7, 11) is 0. The molecule has 0 saturated heterocycles. The summed E-state index contributed by atoms with van der Waals surface area (Å²) in [5, 5.41) is 10.8. The molecule has 0 amide bonds. The summed E-state index contributed by atoms with van der Waals surface area (Å²) < 4.78 is 0. The van der Waals surface area contributed by atoms with E-state index in [1.807, 2.05) is 18.2 Å². The Bertz CT molecular complexity index is 555. The zero-order valence-corrected chi connectivity index (χ0v) is 12.1. The molecule has 0 aliphatic carbocycles. The second kappa shape index (κ2) is 5.18. The molecule has 0 fully saturated rings. The van der Waals surface area contributed by atoms with E-state index >= 15 is 0 Å². The summed E-state index contributed by atoms with van der Waals surface area (Å²) in [4.78, 5) is 0. The molecule has 1 heteroatoms. The Hall–Kier alpha value is -1.60. The fraction of sp³-hybridized carbons (Fsp3) is 0.333. The molecule has 0 radical (unpaired) electrons. The molecule has 1 unspecified atom stereocenters. The molecule has 100 valence electrons. The number of aliphatic hydroxyl groups is 1. The van der Waals surface area contributed by atoms with Crippen molar-refractivity contribution in [2.45, 2.75) is 39.2 Å². The van der Waals surface area contributed by atoms with E-state index in [-0.39, 0.29) is 5.41 Å². The monoisotopic (exact) mass is 254 g/mol. The topological polar surface area (TPSA) is 20.2 Å². The van der Waals surface area contributed by atoms with Gasteiger partial charge >= 0.3 is 0 Å². The molecule has 1 atom stereocenters. The van der Waals surface area contributed by atoms with Crippen molar-refractivity contribution < 1.29 is 5.11 Å². The molecule has 2 aromatic rings. The minimum absolute atomic E-state index is 0.306. The van der Waals surface area contributed by atoms with Crippen molar-refractivity contribution in [1.82, 2.24) is 0 Å². The van der Waals surface area contributed by atoms with E-state index in [4.69, 9.17) is 0 Å². The average molecular weight is 254 g/mol. The summed E-state index contributed by atoms with van der Waals surface area (Å²) in [6, 6.07) is 16.5. The Morgan fingerprint density at radius 2 is 1.58 bits per heavy atom. The van der Waals surface area contributed by atoms with Gasteiger partial charge in [0.1, 0.15) is 0 Å². The van der Waals surface area contributed by atoms with Gasteiger partial charge in [0.25, 0.3) is 0 Å². The maximum Gasteiger partial charge on any atom is 0.0883 e. The first kappa shape index (κ1) is 13.8. The third kappa shape index (κ3) is 2.71. The summed E-state index contributed by atoms with van der Waals surface area (Å²) >= 11 is 0. The van der Waals surface area contributed by atoms with Gasteiger partial charge < -0.3 is 5.11 Å². The SMILES string of the molecule is Cc1ccc(C)c(C(O)C(C)(C)c2ccccc2)c1. The van der Waals surface area contributed by atoms with Gasteiger partial charge in [-0.2, -0.15) is 0 Å². The smallest absolute Gasteiger partial charge is 0.0883 e. The number of hydrogen-bond donors (Lipinski definition) is 1. The Labute approximate surface area is 115 Å². The van der Waals surface area contributed by atoms with E-state index in [0.717, 1.165) is 16.7 Å². The van der Waals surface area contributed by atoms with E-state index in [9.17, 15) is 5.11 Å². The molecule has 0 aromatic heterocycles. The van der Waals surface area contributed by atoms with Crippen LogP contribution in [0, 0.1) is 13.8 Å². The third-order valence-electron chi connectivity index (χ3n) is 3.93. The van der Waals surface area contributed by atoms with Gasteiger partial charge in [-0.3, -0.25) is 0 Å². The fourth-order valence-electron chi connectivity index (χ4n) is 2.47. The highest BCUT2D eigenvalue weighted by molar-refractivity contribution is 5.37. The Morgan fingerprint density at radius 1 is 0.947 bits per heavy atom. The molecular formula is C18H22O. The van der Waals surface area contributed by atoms with Crippen LogP contribution in [0.3, 0.4) is 0 Å². The van der Waals surface area contributed by atoms with Crippen molar-refractivity contribution in [3.05, 3.63) is 70.8 Å². The van der Waals surface area contributed by atoms with Gasteiger partial charge in [0.15, 0.2) is 0 Å². The summed E-state index contributed by atoms with van der Waals surface area (Å²) in [5.74, 6) is 0. The highest BCUT2D eigenvalue weighted by Crippen LogP contribution is 2.38. The minimum atomic E-state index is -0.505. The molecule has 19 heavy (non-hydrogen) atoms. The van der Waals surface area contributed by atoms with Gasteiger partial charge in [0.05, 0.1) is 6.10 Å². The van der Waals surface area contributed by atoms with Crippen molar-refractivity contribution in [2.24, 2.45) is 0 Å². The van der Waals surface area contributed by atoms with Gasteiger partial charge in [-0.25, -0.2) is 0 Å². The summed E-state index contributed by atoms with van der Waals surface area (Å²) in [5.41, 5.74) is 4.20. The van der Waals surface area contributed by atoms with Gasteiger partial charge in [-0.1, -0.05) is 67.9 Å². The normalized spacial score (nSPS) is 13.3. The molecule has 0 bridgehead atoms. The highest BCUT2D eigenvalue weighted by atomic mass is 16.3. The fourth-order valence-corrected chi connectivity index (χ4v) is 2.47. The minimum Gasteiger partial charge on any atom is -0.387 e. The molecule has 0 heterocycles. The van der Waals surface area contributed by atoms with Gasteiger partial charge in [0.2, 0.25) is 0 Å². The highest BCUT2D eigenvalue weighted by Gasteiger charge is 2.31. The second-order valence-corrected chi connectivity index (χ2v) is 5.85. The Morgan fingerprint density at radius 3 is 2.21 bits per heavy atom. The van der Waals surface area contributed by atoms with Crippen molar-refractivity contribution >= 4 is 0 Å². The van der Waals surface area contributed by atoms with Crippen molar-refractivity contribution in [3.8, 4) is 0 Å². The lowest BCUT2D eigenvalue weighted by Crippen LogP contribution is -2.27. The predicted octanol–water partition coefficient (Wildman–Crippen LogP) is 4.31. The molecule has 2 aromatic carbocycles. The van der Waals surface area contributed by atoms with Gasteiger partial charge in [0, 0.05) is 5.41 Å². The van der Waals surface area contributed by atoms with Gasteiger partial charge in [-0.05, 0) is 30.5 Å². The second-order valence-electron chi connectivity index (χ2n) is 5.85. The quantitative estimate of drug-likeness (QED) is 0.865. The van der Waals surface area contributed by atoms with Crippen LogP contribution in [0.2, 0.25) is 0 Å². The number of aliphatic hydroxyl groups excluding tert-OH is 1. The number of rotatable bonds is 3. The van der Waals surface area contributed by atoms with Crippen LogP contribution in [0.15, 0.2) is 48.5 Å². The molecular weight excluding hydrogens is 232 g/mol. The van der Waals surface area contributed by atoms with Crippen LogP contribution in [0.25, 0.3) is 0 Å². The maximum atomic E-state index is 10.8. The van der Waals surface area contributed by atoms with E-state index in [1.54, 1.807) is 0 Å². The van der Waals surface area contributed by atoms with E-state index < -0.39 is 6.10 Å². The maximum absolute atomic E-state index is 10.8. The van der Waals surface area contributed by atoms with Crippen LogP contribution in [-0.2, 0) is 5.41 Å². The van der Waals surface area contributed by atoms with E-state index in [1.165, 1.54) is 5.56 Å². The van der Waals surface area contributed by atoms with Crippen LogP contribution < -0.4 is 0 Å². The van der Waals surface area contributed by atoms with Crippen LogP contribution >= 0.6 is 0 Å². The number of hydrogen-bond acceptors (Lipinski definition) is 1. The molecule has 0 aliphatic heterocycles. The first-order chi connectivity index (χ1) is 8.93. The Balaban J connectivity index is 2.43. The molecule has 1 nitrogen and oxygen atoms in total. The zero-order chi connectivity index (χ0) is 14.0. The van der Waals surface area contributed by atoms with E-state index in [0.29, 0.717) is 0 Å². The third-order valence-corrected chi connectivity index (χ3v) is 3.93. The van der Waals surface area contributed by atoms with Gasteiger partial charge in [-0.15, -0.1) is 0 Å². The predicted molar refractivity (Wildman–Crippen MR) is 80.3 cm³/mol. The van der Waals surface area contributed by atoms with Crippen molar-refractivity contribution in [3.63, 3.8) is 0 Å². The number of benzene rings is 2. The standard InChI is InChI=1S/C18H22O/c1-13-10-11-14(2)16(12-13)17(19)18(3,4)15-8-6-5-7-9-15/h5-12,17,19H,1-4H3. The largest absolute Gasteiger partial charge is 0.387 e. The lowest BCUT2D eigenvalue weighted by atomic mass is 9.75. The van der Waals surface area contributed by atoms with Crippen molar-refractivity contribution in [1.29, 1.82) is 0 Å².